The van der Waals surface area contributed by atoms with Gasteiger partial charge in [0, 0.05) is 92.0 Å². The number of fused-ring (bicyclic) bond motifs is 2. The fourth-order valence-corrected chi connectivity index (χ4v) is 7.88. The Balaban J connectivity index is 0.00000435. The average molecular weight is 741 g/mol. The van der Waals surface area contributed by atoms with Crippen LogP contribution < -0.4 is 27.2 Å². The summed E-state index contributed by atoms with van der Waals surface area (Å²) in [6.07, 6.45) is 0.854. The number of piperidine rings is 1. The molecule has 278 valence electrons. The molecule has 3 amide bonds. The topological polar surface area (TPSA) is 110 Å². The average Bonchev–Trinajstić information content (AvgIpc) is 3.49. The van der Waals surface area contributed by atoms with Gasteiger partial charge < -0.3 is 36.4 Å². The summed E-state index contributed by atoms with van der Waals surface area (Å²) in [6.45, 7) is 8.46. The van der Waals surface area contributed by atoms with Gasteiger partial charge in [-0.25, -0.2) is 9.37 Å². The van der Waals surface area contributed by atoms with Crippen LogP contribution in [0.1, 0.15) is 36.0 Å². The first-order valence-corrected chi connectivity index (χ1v) is 18.4. The molecule has 8 rings (SSSR count). The van der Waals surface area contributed by atoms with Crippen molar-refractivity contribution in [3.8, 4) is 22.5 Å². The predicted octanol–water partition coefficient (Wildman–Crippen LogP) is 0.137. The standard InChI is InChI=1S/C40H45N6O6.ClH/c1-41-17-21-43(22-18-41)28-7-9-32-34(25-28)51-35-26-29(44-23-19-42(2)20-24-44)8-10-33(35)38(32)30-5-3-4-6-31(30)39(49)45-15-13-27(14-16-45)40(50)52-46-36(47)11-12-37(46)48;/h3-10,25-27H,11-24H2,1-2H3;1H/q+1;/p-1. The fourth-order valence-electron chi connectivity index (χ4n) is 7.88. The van der Waals surface area contributed by atoms with Crippen LogP contribution in [0.5, 0.6) is 0 Å². The molecule has 4 fully saturated rings. The molecule has 1 aliphatic carbocycles. The molecule has 12 nitrogen and oxygen atoms in total. The van der Waals surface area contributed by atoms with Crippen LogP contribution in [0, 0.1) is 5.92 Å². The molecular formula is C40H45ClN6O6. The van der Waals surface area contributed by atoms with Gasteiger partial charge in [-0.2, -0.15) is 0 Å². The number of likely N-dealkylation sites (tertiary alicyclic amines) is 1. The molecule has 5 heterocycles. The van der Waals surface area contributed by atoms with Crippen LogP contribution in [0.25, 0.3) is 33.4 Å². The number of rotatable bonds is 5. The quantitative estimate of drug-likeness (QED) is 0.161. The highest BCUT2D eigenvalue weighted by molar-refractivity contribution is 6.09. The Hall–Kier alpha value is -4.78. The van der Waals surface area contributed by atoms with Gasteiger partial charge in [-0.15, -0.1) is 5.06 Å². The molecule has 5 aliphatic heterocycles. The molecular weight excluding hydrogens is 696 g/mol. The SMILES string of the molecule is CN1CCN(c2ccc3c(-c4ccccc4C(=O)N4CCC(C(=O)ON5C(=O)CCC5=O)CC4)c4ccc(=[N+]5CCN(C)CC5)cc-4oc3c2)CC1.[Cl-]. The summed E-state index contributed by atoms with van der Waals surface area (Å²) in [5.41, 5.74) is 5.18. The van der Waals surface area contributed by atoms with Crippen LogP contribution >= 0.6 is 0 Å². The number of piperazine rings is 2. The van der Waals surface area contributed by atoms with Crippen LogP contribution in [0.3, 0.4) is 0 Å². The molecule has 2 aromatic rings. The summed E-state index contributed by atoms with van der Waals surface area (Å²) in [6, 6.07) is 20.6. The lowest BCUT2D eigenvalue weighted by molar-refractivity contribution is -0.201. The van der Waals surface area contributed by atoms with E-state index in [1.807, 2.05) is 24.3 Å². The molecule has 6 aliphatic rings. The normalized spacial score (nSPS) is 19.3. The minimum atomic E-state index is -0.603. The van der Waals surface area contributed by atoms with Gasteiger partial charge in [-0.3, -0.25) is 19.3 Å². The maximum Gasteiger partial charge on any atom is 0.336 e. The van der Waals surface area contributed by atoms with E-state index >= 15 is 0 Å². The Morgan fingerprint density at radius 2 is 1.45 bits per heavy atom. The van der Waals surface area contributed by atoms with Gasteiger partial charge in [0.25, 0.3) is 17.7 Å². The molecule has 0 bridgehead atoms. The highest BCUT2D eigenvalue weighted by atomic mass is 35.5. The van der Waals surface area contributed by atoms with Crippen molar-refractivity contribution in [1.82, 2.24) is 24.3 Å². The highest BCUT2D eigenvalue weighted by Crippen LogP contribution is 2.42. The molecule has 13 heteroatoms. The Bertz CT molecular complexity index is 2070. The lowest BCUT2D eigenvalue weighted by Gasteiger charge is -2.34. The number of likely N-dealkylation sites (N-methyl/N-ethyl adjacent to an activating group) is 2. The first-order valence-electron chi connectivity index (χ1n) is 18.4. The molecule has 0 aromatic heterocycles. The lowest BCUT2D eigenvalue weighted by Crippen LogP contribution is -3.00. The highest BCUT2D eigenvalue weighted by Gasteiger charge is 2.37. The van der Waals surface area contributed by atoms with E-state index in [4.69, 9.17) is 9.25 Å². The van der Waals surface area contributed by atoms with Crippen LogP contribution in [0.15, 0.2) is 65.1 Å². The van der Waals surface area contributed by atoms with Crippen molar-refractivity contribution in [2.45, 2.75) is 25.7 Å². The van der Waals surface area contributed by atoms with Crippen molar-refractivity contribution in [1.29, 1.82) is 0 Å². The van der Waals surface area contributed by atoms with Crippen molar-refractivity contribution >= 4 is 40.3 Å². The van der Waals surface area contributed by atoms with E-state index in [1.54, 1.807) is 4.90 Å². The van der Waals surface area contributed by atoms with Crippen LogP contribution in [0.4, 0.5) is 5.69 Å². The van der Waals surface area contributed by atoms with E-state index < -0.39 is 23.7 Å². The number of carbonyl (C=O) groups excluding carboxylic acids is 4. The molecule has 0 spiro atoms. The number of carbonyl (C=O) groups is 4. The van der Waals surface area contributed by atoms with E-state index in [1.165, 1.54) is 0 Å². The zero-order valence-corrected chi connectivity index (χ0v) is 31.0. The van der Waals surface area contributed by atoms with Crippen molar-refractivity contribution in [3.63, 3.8) is 0 Å². The minimum Gasteiger partial charge on any atom is -1.00 e. The Morgan fingerprint density at radius 1 is 0.774 bits per heavy atom. The van der Waals surface area contributed by atoms with E-state index in [-0.39, 0.29) is 31.2 Å². The Labute approximate surface area is 314 Å². The second-order valence-corrected chi connectivity index (χ2v) is 14.5. The van der Waals surface area contributed by atoms with E-state index in [2.05, 4.69) is 69.8 Å². The van der Waals surface area contributed by atoms with E-state index in [9.17, 15) is 19.2 Å². The van der Waals surface area contributed by atoms with Gasteiger partial charge >= 0.3 is 5.97 Å². The smallest absolute Gasteiger partial charge is 0.336 e. The third kappa shape index (κ3) is 7.27. The number of anilines is 1. The third-order valence-corrected chi connectivity index (χ3v) is 11.2. The van der Waals surface area contributed by atoms with Gasteiger partial charge in [0.05, 0.1) is 25.1 Å². The monoisotopic (exact) mass is 740 g/mol. The fraction of sp³-hybridized carbons (Fsp3) is 0.425. The summed E-state index contributed by atoms with van der Waals surface area (Å²) in [4.78, 5) is 65.2. The Kier molecular flexibility index (Phi) is 10.6. The Morgan fingerprint density at radius 3 is 2.17 bits per heavy atom. The number of halogens is 1. The molecule has 0 radical (unpaired) electrons. The van der Waals surface area contributed by atoms with Crippen LogP contribution in [-0.4, -0.2) is 123 Å². The second kappa shape index (κ2) is 15.3. The molecule has 0 unspecified atom stereocenters. The van der Waals surface area contributed by atoms with E-state index in [0.29, 0.717) is 36.6 Å². The summed E-state index contributed by atoms with van der Waals surface area (Å²) < 4.78 is 9.17. The van der Waals surface area contributed by atoms with Crippen LogP contribution in [0.2, 0.25) is 0 Å². The summed E-state index contributed by atoms with van der Waals surface area (Å²) in [5, 5.41) is 2.65. The van der Waals surface area contributed by atoms with Crippen molar-refractivity contribution < 1.29 is 40.8 Å². The number of benzene rings is 3. The van der Waals surface area contributed by atoms with Gasteiger partial charge in [-0.1, -0.05) is 18.2 Å². The third-order valence-electron chi connectivity index (χ3n) is 11.2. The predicted molar refractivity (Wildman–Crippen MR) is 196 cm³/mol. The first kappa shape index (κ1) is 36.6. The summed E-state index contributed by atoms with van der Waals surface area (Å²) in [7, 11) is 4.31. The number of hydrogen-bond donors (Lipinski definition) is 0. The zero-order chi connectivity index (χ0) is 35.9. The van der Waals surface area contributed by atoms with Crippen LogP contribution in [-0.2, 0) is 19.2 Å². The molecule has 4 saturated heterocycles. The summed E-state index contributed by atoms with van der Waals surface area (Å²) >= 11 is 0. The van der Waals surface area contributed by atoms with Crippen molar-refractivity contribution in [2.75, 3.05) is 84.4 Å². The molecule has 0 saturated carbocycles. The van der Waals surface area contributed by atoms with Gasteiger partial charge in [0.15, 0.2) is 13.1 Å². The maximum atomic E-state index is 14.3. The number of hydroxylamine groups is 2. The minimum absolute atomic E-state index is 0. The number of nitrogens with zero attached hydrogens (tertiary/aromatic N) is 6. The second-order valence-electron chi connectivity index (χ2n) is 14.5. The van der Waals surface area contributed by atoms with E-state index in [0.717, 1.165) is 96.8 Å². The first-order chi connectivity index (χ1) is 25.2. The number of amides is 3. The molecule has 0 atom stereocenters. The van der Waals surface area contributed by atoms with Gasteiger partial charge in [0.1, 0.15) is 11.3 Å². The number of hydrogen-bond acceptors (Lipinski definition) is 9. The molecule has 2 aromatic carbocycles. The lowest BCUT2D eigenvalue weighted by atomic mass is 9.89. The molecule has 53 heavy (non-hydrogen) atoms. The zero-order valence-electron chi connectivity index (χ0n) is 30.3. The van der Waals surface area contributed by atoms with Crippen molar-refractivity contribution in [2.24, 2.45) is 5.92 Å². The van der Waals surface area contributed by atoms with Crippen molar-refractivity contribution in [3.05, 3.63) is 71.6 Å². The number of imide groups is 1. The summed E-state index contributed by atoms with van der Waals surface area (Å²) in [5.74, 6) is -1.45. The largest absolute Gasteiger partial charge is 1.00 e. The maximum absolute atomic E-state index is 14.3. The van der Waals surface area contributed by atoms with Gasteiger partial charge in [-0.05, 0) is 56.8 Å². The molecule has 0 N–H and O–H groups in total. The van der Waals surface area contributed by atoms with Gasteiger partial charge in [0.2, 0.25) is 5.36 Å².